The van der Waals surface area contributed by atoms with Crippen LogP contribution < -0.4 is 24.4 Å². The van der Waals surface area contributed by atoms with Crippen molar-refractivity contribution in [1.29, 1.82) is 0 Å². The third-order valence-electron chi connectivity index (χ3n) is 4.18. The number of benzene rings is 2. The van der Waals surface area contributed by atoms with Gasteiger partial charge in [-0.15, -0.1) is 0 Å². The van der Waals surface area contributed by atoms with Gasteiger partial charge in [-0.2, -0.15) is 0 Å². The monoisotopic (exact) mass is 342 g/mol. The molecule has 0 aromatic heterocycles. The lowest BCUT2D eigenvalue weighted by molar-refractivity contribution is 0.188. The van der Waals surface area contributed by atoms with Crippen molar-refractivity contribution in [2.24, 2.45) is 0 Å². The van der Waals surface area contributed by atoms with Gasteiger partial charge in [-0.3, -0.25) is 4.90 Å². The predicted octanol–water partition coefficient (Wildman–Crippen LogP) is 3.91. The molecule has 0 saturated heterocycles. The van der Waals surface area contributed by atoms with Crippen LogP contribution in [0.15, 0.2) is 42.5 Å². The first-order valence-corrected chi connectivity index (χ1v) is 8.22. The van der Waals surface area contributed by atoms with Crippen LogP contribution in [-0.4, -0.2) is 32.9 Å². The fourth-order valence-electron chi connectivity index (χ4n) is 2.80. The second-order valence-electron chi connectivity index (χ2n) is 5.72. The highest BCUT2D eigenvalue weighted by Crippen LogP contribution is 2.35. The zero-order chi connectivity index (χ0) is 17.8. The van der Waals surface area contributed by atoms with Gasteiger partial charge in [-0.05, 0) is 30.7 Å². The average molecular weight is 342 g/mol. The summed E-state index contributed by atoms with van der Waals surface area (Å²) in [5, 5.41) is 2.92. The van der Waals surface area contributed by atoms with E-state index < -0.39 is 0 Å². The van der Waals surface area contributed by atoms with E-state index in [1.165, 1.54) is 0 Å². The Bertz CT molecular complexity index is 763. The summed E-state index contributed by atoms with van der Waals surface area (Å²) < 4.78 is 16.5. The van der Waals surface area contributed by atoms with Crippen LogP contribution in [0.3, 0.4) is 0 Å². The van der Waals surface area contributed by atoms with Crippen LogP contribution in [0.25, 0.3) is 0 Å². The van der Waals surface area contributed by atoms with E-state index in [9.17, 15) is 4.79 Å². The second-order valence-corrected chi connectivity index (χ2v) is 5.72. The molecule has 0 saturated carbocycles. The highest BCUT2D eigenvalue weighted by molar-refractivity contribution is 6.03. The minimum atomic E-state index is -0.235. The number of fused-ring (bicyclic) bond motifs is 1. The lowest BCUT2D eigenvalue weighted by atomic mass is 10.1. The molecule has 1 aliphatic heterocycles. The first kappa shape index (κ1) is 17.0. The topological polar surface area (TPSA) is 60.0 Å². The first-order chi connectivity index (χ1) is 12.2. The lowest BCUT2D eigenvalue weighted by Gasteiger charge is -2.34. The quantitative estimate of drug-likeness (QED) is 0.915. The number of ether oxygens (including phenoxy) is 3. The lowest BCUT2D eigenvalue weighted by Crippen LogP contribution is -2.45. The van der Waals surface area contributed by atoms with Gasteiger partial charge in [0.15, 0.2) is 0 Å². The number of anilines is 2. The Balaban J connectivity index is 1.88. The molecule has 0 radical (unpaired) electrons. The molecule has 2 amide bonds. The first-order valence-electron chi connectivity index (χ1n) is 8.22. The molecular formula is C19H22N2O4. The third-order valence-corrected chi connectivity index (χ3v) is 4.18. The molecule has 0 fully saturated rings. The summed E-state index contributed by atoms with van der Waals surface area (Å²) in [7, 11) is 3.14. The number of para-hydroxylation sites is 2. The standard InChI is InChI=1S/C19H22N2O4/c1-4-13-12-21(16-7-5-6-8-18(16)25-13)19(22)20-15-11-14(23-2)9-10-17(15)24-3/h5-11,13H,4,12H2,1-3H3,(H,20,22)/t13-/m1/s1. The summed E-state index contributed by atoms with van der Waals surface area (Å²) in [4.78, 5) is 14.6. The number of rotatable bonds is 4. The third kappa shape index (κ3) is 3.47. The van der Waals surface area contributed by atoms with Crippen LogP contribution in [0, 0.1) is 0 Å². The maximum atomic E-state index is 12.9. The Morgan fingerprint density at radius 3 is 2.76 bits per heavy atom. The normalized spacial score (nSPS) is 15.8. The Hall–Kier alpha value is -2.89. The summed E-state index contributed by atoms with van der Waals surface area (Å²) >= 11 is 0. The average Bonchev–Trinajstić information content (AvgIpc) is 2.66. The van der Waals surface area contributed by atoms with Gasteiger partial charge in [-0.1, -0.05) is 19.1 Å². The van der Waals surface area contributed by atoms with Gasteiger partial charge < -0.3 is 19.5 Å². The summed E-state index contributed by atoms with van der Waals surface area (Å²) in [6.45, 7) is 2.53. The molecule has 1 aliphatic rings. The number of hydrogen-bond acceptors (Lipinski definition) is 4. The van der Waals surface area contributed by atoms with Crippen molar-refractivity contribution >= 4 is 17.4 Å². The van der Waals surface area contributed by atoms with Crippen molar-refractivity contribution in [2.45, 2.75) is 19.4 Å². The molecule has 6 nitrogen and oxygen atoms in total. The van der Waals surface area contributed by atoms with E-state index in [1.54, 1.807) is 37.3 Å². The van der Waals surface area contributed by atoms with Crippen LogP contribution in [0.2, 0.25) is 0 Å². The Kier molecular flexibility index (Phi) is 4.97. The van der Waals surface area contributed by atoms with Gasteiger partial charge in [0.05, 0.1) is 32.1 Å². The summed E-state index contributed by atoms with van der Waals surface area (Å²) in [5.74, 6) is 1.93. The van der Waals surface area contributed by atoms with E-state index in [0.717, 1.165) is 12.1 Å². The van der Waals surface area contributed by atoms with E-state index in [0.29, 0.717) is 29.5 Å². The fourth-order valence-corrected chi connectivity index (χ4v) is 2.80. The molecule has 1 heterocycles. The van der Waals surface area contributed by atoms with Gasteiger partial charge >= 0.3 is 6.03 Å². The molecule has 1 atom stereocenters. The summed E-state index contributed by atoms with van der Waals surface area (Å²) in [5.41, 5.74) is 1.32. The number of hydrogen-bond donors (Lipinski definition) is 1. The van der Waals surface area contributed by atoms with E-state index >= 15 is 0 Å². The zero-order valence-electron chi connectivity index (χ0n) is 14.6. The van der Waals surface area contributed by atoms with Crippen LogP contribution in [0.4, 0.5) is 16.2 Å². The number of carbonyl (C=O) groups is 1. The van der Waals surface area contributed by atoms with Gasteiger partial charge in [-0.25, -0.2) is 4.79 Å². The van der Waals surface area contributed by atoms with E-state index in [1.807, 2.05) is 31.2 Å². The van der Waals surface area contributed by atoms with Gasteiger partial charge in [0.2, 0.25) is 0 Å². The molecule has 0 bridgehead atoms. The number of nitrogens with one attached hydrogen (secondary N) is 1. The van der Waals surface area contributed by atoms with Crippen LogP contribution in [0.5, 0.6) is 17.2 Å². The van der Waals surface area contributed by atoms with Crippen LogP contribution >= 0.6 is 0 Å². The molecule has 3 rings (SSSR count). The van der Waals surface area contributed by atoms with E-state index in [-0.39, 0.29) is 12.1 Å². The molecule has 0 unspecified atom stereocenters. The molecule has 2 aromatic rings. The van der Waals surface area contributed by atoms with Gasteiger partial charge in [0, 0.05) is 6.07 Å². The molecule has 0 spiro atoms. The van der Waals surface area contributed by atoms with Crippen LogP contribution in [-0.2, 0) is 0 Å². The maximum absolute atomic E-state index is 12.9. The molecule has 2 aromatic carbocycles. The molecule has 132 valence electrons. The van der Waals surface area contributed by atoms with Crippen molar-refractivity contribution < 1.29 is 19.0 Å². The van der Waals surface area contributed by atoms with Crippen molar-refractivity contribution in [1.82, 2.24) is 0 Å². The minimum Gasteiger partial charge on any atom is -0.497 e. The molecule has 1 N–H and O–H groups in total. The van der Waals surface area contributed by atoms with Gasteiger partial charge in [0.25, 0.3) is 0 Å². The highest BCUT2D eigenvalue weighted by Gasteiger charge is 2.29. The predicted molar refractivity (Wildman–Crippen MR) is 97.1 cm³/mol. The van der Waals surface area contributed by atoms with E-state index in [4.69, 9.17) is 14.2 Å². The molecule has 6 heteroatoms. The van der Waals surface area contributed by atoms with E-state index in [2.05, 4.69) is 5.32 Å². The zero-order valence-corrected chi connectivity index (χ0v) is 14.6. The minimum absolute atomic E-state index is 0.0344. The molecule has 25 heavy (non-hydrogen) atoms. The number of carbonyl (C=O) groups excluding carboxylic acids is 1. The number of nitrogens with zero attached hydrogens (tertiary/aromatic N) is 1. The van der Waals surface area contributed by atoms with Gasteiger partial charge in [0.1, 0.15) is 23.4 Å². The largest absolute Gasteiger partial charge is 0.497 e. The van der Waals surface area contributed by atoms with Crippen molar-refractivity contribution in [3.05, 3.63) is 42.5 Å². The smallest absolute Gasteiger partial charge is 0.326 e. The van der Waals surface area contributed by atoms with Crippen LogP contribution in [0.1, 0.15) is 13.3 Å². The van der Waals surface area contributed by atoms with Crippen molar-refractivity contribution in [2.75, 3.05) is 31.0 Å². The second kappa shape index (κ2) is 7.34. The summed E-state index contributed by atoms with van der Waals surface area (Å²) in [6.07, 6.45) is 0.786. The van der Waals surface area contributed by atoms with Crippen molar-refractivity contribution in [3.8, 4) is 17.2 Å². The Labute approximate surface area is 147 Å². The summed E-state index contributed by atoms with van der Waals surface area (Å²) in [6, 6.07) is 12.6. The molecule has 0 aliphatic carbocycles. The number of amides is 2. The highest BCUT2D eigenvalue weighted by atomic mass is 16.5. The Morgan fingerprint density at radius 2 is 2.04 bits per heavy atom. The fraction of sp³-hybridized carbons (Fsp3) is 0.316. The Morgan fingerprint density at radius 1 is 1.24 bits per heavy atom. The maximum Gasteiger partial charge on any atom is 0.326 e. The SMILES string of the molecule is CC[C@@H]1CN(C(=O)Nc2cc(OC)ccc2OC)c2ccccc2O1. The van der Waals surface area contributed by atoms with Crippen molar-refractivity contribution in [3.63, 3.8) is 0 Å². The number of urea groups is 1. The molecular weight excluding hydrogens is 320 g/mol. The number of methoxy groups -OCH3 is 2.